The Bertz CT molecular complexity index is 1310. The Kier molecular flexibility index (Phi) is 3.85. The van der Waals surface area contributed by atoms with E-state index < -0.39 is 0 Å². The molecule has 5 rings (SSSR count). The predicted octanol–water partition coefficient (Wildman–Crippen LogP) is 4.55. The van der Waals surface area contributed by atoms with Crippen LogP contribution in [0.4, 0.5) is 0 Å². The highest BCUT2D eigenvalue weighted by atomic mass is 16.5. The van der Waals surface area contributed by atoms with E-state index in [9.17, 15) is 5.26 Å². The number of hydrogen-bond acceptors (Lipinski definition) is 4. The minimum Gasteiger partial charge on any atom is -0.422 e. The second kappa shape index (κ2) is 6.54. The minimum atomic E-state index is -0.328. The molecule has 1 unspecified atom stereocenters. The summed E-state index contributed by atoms with van der Waals surface area (Å²) in [4.78, 5) is 0. The van der Waals surface area contributed by atoms with Crippen LogP contribution in [0.3, 0.4) is 0 Å². The van der Waals surface area contributed by atoms with Crippen molar-refractivity contribution in [2.24, 2.45) is 5.73 Å². The van der Waals surface area contributed by atoms with Gasteiger partial charge in [-0.05, 0) is 35.4 Å². The van der Waals surface area contributed by atoms with Crippen molar-refractivity contribution in [2.75, 3.05) is 0 Å². The number of aryl methyl sites for hydroxylation is 1. The number of aromatic nitrogens is 2. The first kappa shape index (κ1) is 17.1. The van der Waals surface area contributed by atoms with Gasteiger partial charge in [-0.3, -0.25) is 0 Å². The van der Waals surface area contributed by atoms with Crippen LogP contribution in [0.25, 0.3) is 16.5 Å². The van der Waals surface area contributed by atoms with E-state index in [1.807, 2.05) is 55.5 Å². The zero-order chi connectivity index (χ0) is 20.0. The van der Waals surface area contributed by atoms with Gasteiger partial charge in [0.25, 0.3) is 0 Å². The largest absolute Gasteiger partial charge is 0.422 e. The summed E-state index contributed by atoms with van der Waals surface area (Å²) in [5, 5.41) is 16.8. The summed E-state index contributed by atoms with van der Waals surface area (Å²) in [7, 11) is 0. The molecule has 2 heterocycles. The molecule has 0 spiro atoms. The lowest BCUT2D eigenvalue weighted by molar-refractivity contribution is 0.367. The molecular weight excluding hydrogens is 360 g/mol. The van der Waals surface area contributed by atoms with Crippen LogP contribution < -0.4 is 10.5 Å². The molecule has 1 aromatic heterocycles. The summed E-state index contributed by atoms with van der Waals surface area (Å²) in [6.07, 6.45) is 0. The smallest absolute Gasteiger partial charge is 0.229 e. The monoisotopic (exact) mass is 378 g/mol. The van der Waals surface area contributed by atoms with E-state index >= 15 is 0 Å². The Labute approximate surface area is 168 Å². The van der Waals surface area contributed by atoms with Crippen LogP contribution >= 0.6 is 0 Å². The lowest BCUT2D eigenvalue weighted by Crippen LogP contribution is -2.22. The molecule has 2 N–H and O–H groups in total. The lowest BCUT2D eigenvalue weighted by Gasteiger charge is -2.25. The topological polar surface area (TPSA) is 76.9 Å². The van der Waals surface area contributed by atoms with Crippen molar-refractivity contribution in [3.8, 4) is 17.6 Å². The van der Waals surface area contributed by atoms with Gasteiger partial charge in [-0.2, -0.15) is 10.4 Å². The average molecular weight is 378 g/mol. The second-order valence-electron chi connectivity index (χ2n) is 7.08. The molecule has 1 aliphatic rings. The molecule has 5 heteroatoms. The molecule has 5 nitrogen and oxygen atoms in total. The molecule has 0 amide bonds. The maximum Gasteiger partial charge on any atom is 0.229 e. The first-order chi connectivity index (χ1) is 14.2. The van der Waals surface area contributed by atoms with Crippen LogP contribution in [0.2, 0.25) is 0 Å². The number of nitriles is 1. The lowest BCUT2D eigenvalue weighted by atomic mass is 9.83. The summed E-state index contributed by atoms with van der Waals surface area (Å²) >= 11 is 0. The van der Waals surface area contributed by atoms with Gasteiger partial charge >= 0.3 is 0 Å². The maximum atomic E-state index is 9.85. The van der Waals surface area contributed by atoms with E-state index in [2.05, 4.69) is 30.3 Å². The molecule has 0 fully saturated rings. The van der Waals surface area contributed by atoms with Crippen molar-refractivity contribution in [3.05, 3.63) is 101 Å². The maximum absolute atomic E-state index is 9.85. The molecule has 0 saturated carbocycles. The number of benzene rings is 3. The van der Waals surface area contributed by atoms with E-state index in [1.165, 1.54) is 0 Å². The Hall–Kier alpha value is -4.04. The van der Waals surface area contributed by atoms with Gasteiger partial charge in [0.2, 0.25) is 11.8 Å². The molecule has 29 heavy (non-hydrogen) atoms. The van der Waals surface area contributed by atoms with Gasteiger partial charge in [0.05, 0.1) is 22.9 Å². The van der Waals surface area contributed by atoms with Gasteiger partial charge < -0.3 is 10.5 Å². The quantitative estimate of drug-likeness (QED) is 0.555. The van der Waals surface area contributed by atoms with E-state index in [-0.39, 0.29) is 11.8 Å². The van der Waals surface area contributed by atoms with Crippen molar-refractivity contribution in [3.63, 3.8) is 0 Å². The van der Waals surface area contributed by atoms with Gasteiger partial charge in [0.15, 0.2) is 0 Å². The number of para-hydroxylation sites is 1. The number of hydrogen-bond donors (Lipinski definition) is 1. The number of allylic oxidation sites excluding steroid dienone is 1. The van der Waals surface area contributed by atoms with E-state index in [4.69, 9.17) is 15.6 Å². The highest BCUT2D eigenvalue weighted by molar-refractivity contribution is 5.83. The highest BCUT2D eigenvalue weighted by Gasteiger charge is 2.36. The van der Waals surface area contributed by atoms with Crippen molar-refractivity contribution in [1.29, 1.82) is 5.26 Å². The second-order valence-corrected chi connectivity index (χ2v) is 7.08. The molecule has 0 aliphatic carbocycles. The summed E-state index contributed by atoms with van der Waals surface area (Å²) < 4.78 is 7.67. The molecule has 0 saturated heterocycles. The van der Waals surface area contributed by atoms with Crippen LogP contribution in [0.5, 0.6) is 5.88 Å². The number of rotatable bonds is 2. The highest BCUT2D eigenvalue weighted by Crippen LogP contribution is 2.45. The molecule has 3 aromatic carbocycles. The Morgan fingerprint density at radius 3 is 2.48 bits per heavy atom. The van der Waals surface area contributed by atoms with Gasteiger partial charge in [-0.25, -0.2) is 4.68 Å². The first-order valence-electron chi connectivity index (χ1n) is 9.38. The summed E-state index contributed by atoms with van der Waals surface area (Å²) in [5.74, 6) is 0.351. The van der Waals surface area contributed by atoms with Crippen LogP contribution in [-0.4, -0.2) is 9.78 Å². The van der Waals surface area contributed by atoms with Crippen LogP contribution in [0.15, 0.2) is 84.3 Å². The van der Waals surface area contributed by atoms with Crippen molar-refractivity contribution in [2.45, 2.75) is 12.8 Å². The van der Waals surface area contributed by atoms with Gasteiger partial charge in [0.1, 0.15) is 11.6 Å². The SMILES string of the molecule is Cc1nn(-c2ccccc2)c2c1C(c1ccc3ccccc3c1)C(C#N)=C(N)O2. The number of fused-ring (bicyclic) bond motifs is 2. The normalized spacial score (nSPS) is 15.7. The van der Waals surface area contributed by atoms with Crippen molar-refractivity contribution < 1.29 is 4.74 Å². The Morgan fingerprint density at radius 2 is 1.72 bits per heavy atom. The zero-order valence-corrected chi connectivity index (χ0v) is 15.8. The van der Waals surface area contributed by atoms with Crippen LogP contribution in [-0.2, 0) is 0 Å². The zero-order valence-electron chi connectivity index (χ0n) is 15.8. The molecule has 4 aromatic rings. The Balaban J connectivity index is 1.75. The van der Waals surface area contributed by atoms with E-state index in [0.29, 0.717) is 11.5 Å². The van der Waals surface area contributed by atoms with Crippen LogP contribution in [0.1, 0.15) is 22.7 Å². The first-order valence-corrected chi connectivity index (χ1v) is 9.38. The fourth-order valence-electron chi connectivity index (χ4n) is 3.98. The minimum absolute atomic E-state index is 0.121. The molecular formula is C24H18N4O. The molecule has 0 bridgehead atoms. The molecule has 1 atom stereocenters. The summed E-state index contributed by atoms with van der Waals surface area (Å²) in [5.41, 5.74) is 10.1. The third-order valence-corrected chi connectivity index (χ3v) is 5.34. The molecule has 1 aliphatic heterocycles. The number of ether oxygens (including phenoxy) is 1. The van der Waals surface area contributed by atoms with Crippen molar-refractivity contribution in [1.82, 2.24) is 9.78 Å². The van der Waals surface area contributed by atoms with Gasteiger partial charge in [-0.15, -0.1) is 0 Å². The van der Waals surface area contributed by atoms with E-state index in [0.717, 1.165) is 33.3 Å². The van der Waals surface area contributed by atoms with E-state index in [1.54, 1.807) is 4.68 Å². The standard InChI is InChI=1S/C24H18N4O/c1-15-21-22(18-12-11-16-7-5-6-8-17(16)13-18)20(14-25)23(26)29-24(21)28(27-15)19-9-3-2-4-10-19/h2-13,22H,26H2,1H3. The third kappa shape index (κ3) is 2.66. The number of nitrogens with two attached hydrogens (primary N) is 1. The van der Waals surface area contributed by atoms with Crippen molar-refractivity contribution >= 4 is 10.8 Å². The Morgan fingerprint density at radius 1 is 1.00 bits per heavy atom. The predicted molar refractivity (Wildman–Crippen MR) is 112 cm³/mol. The fourth-order valence-corrected chi connectivity index (χ4v) is 3.98. The third-order valence-electron chi connectivity index (χ3n) is 5.34. The summed E-state index contributed by atoms with van der Waals surface area (Å²) in [6.45, 7) is 1.94. The molecule has 0 radical (unpaired) electrons. The fraction of sp³-hybridized carbons (Fsp3) is 0.0833. The molecule has 140 valence electrons. The average Bonchev–Trinajstić information content (AvgIpc) is 3.09. The number of nitrogens with zero attached hydrogens (tertiary/aromatic N) is 3. The van der Waals surface area contributed by atoms with Crippen LogP contribution in [0, 0.1) is 18.3 Å². The van der Waals surface area contributed by atoms with Gasteiger partial charge in [0, 0.05) is 0 Å². The van der Waals surface area contributed by atoms with Gasteiger partial charge in [-0.1, -0.05) is 60.7 Å². The summed E-state index contributed by atoms with van der Waals surface area (Å²) in [6, 6.07) is 26.4.